The summed E-state index contributed by atoms with van der Waals surface area (Å²) < 4.78 is 0. The molecule has 0 radical (unpaired) electrons. The van der Waals surface area contributed by atoms with E-state index in [0.717, 1.165) is 66.4 Å². The molecule has 0 spiro atoms. The van der Waals surface area contributed by atoms with E-state index in [9.17, 15) is 9.59 Å². The van der Waals surface area contributed by atoms with Gasteiger partial charge in [-0.15, -0.1) is 0 Å². The molecule has 2 aliphatic heterocycles. The number of nitrogens with one attached hydrogen (secondary N) is 3. The lowest BCUT2D eigenvalue weighted by molar-refractivity contribution is -0.114. The largest absolute Gasteiger partial charge is 0.369 e. The molecule has 5 rings (SSSR count). The molecular formula is C29H31N5O2. The molecule has 2 heterocycles. The van der Waals surface area contributed by atoms with Gasteiger partial charge < -0.3 is 25.8 Å². The van der Waals surface area contributed by atoms with Crippen molar-refractivity contribution in [2.45, 2.75) is 13.3 Å². The third-order valence-corrected chi connectivity index (χ3v) is 6.67. The fraction of sp³-hybridized carbons (Fsp3) is 0.241. The molecule has 3 aromatic carbocycles. The maximum Gasteiger partial charge on any atom is 0.257 e. The van der Waals surface area contributed by atoms with Crippen molar-refractivity contribution in [2.24, 2.45) is 0 Å². The molecule has 0 saturated carbocycles. The number of hydrogen-bond acceptors (Lipinski definition) is 5. The number of amides is 2. The van der Waals surface area contributed by atoms with E-state index in [2.05, 4.69) is 63.1 Å². The van der Waals surface area contributed by atoms with Gasteiger partial charge in [0.15, 0.2) is 0 Å². The van der Waals surface area contributed by atoms with Crippen molar-refractivity contribution in [2.75, 3.05) is 54.1 Å². The lowest BCUT2D eigenvalue weighted by atomic mass is 9.99. The number of anilines is 4. The molecule has 36 heavy (non-hydrogen) atoms. The minimum absolute atomic E-state index is 0.0857. The Morgan fingerprint density at radius 2 is 1.58 bits per heavy atom. The third kappa shape index (κ3) is 5.42. The molecular weight excluding hydrogens is 450 g/mol. The van der Waals surface area contributed by atoms with Gasteiger partial charge in [-0.05, 0) is 73.1 Å². The summed E-state index contributed by atoms with van der Waals surface area (Å²) in [6.07, 6.45) is 2.52. The van der Waals surface area contributed by atoms with Gasteiger partial charge in [0.1, 0.15) is 0 Å². The third-order valence-electron chi connectivity index (χ3n) is 6.67. The first kappa shape index (κ1) is 23.6. The van der Waals surface area contributed by atoms with Gasteiger partial charge in [0.05, 0.1) is 5.57 Å². The summed E-state index contributed by atoms with van der Waals surface area (Å²) in [5, 5.41) is 9.05. The van der Waals surface area contributed by atoms with Crippen molar-refractivity contribution in [3.63, 3.8) is 0 Å². The molecule has 0 aliphatic carbocycles. The van der Waals surface area contributed by atoms with Crippen LogP contribution < -0.4 is 20.9 Å². The highest BCUT2D eigenvalue weighted by Crippen LogP contribution is 2.33. The van der Waals surface area contributed by atoms with Crippen molar-refractivity contribution >= 4 is 40.1 Å². The van der Waals surface area contributed by atoms with Gasteiger partial charge in [-0.2, -0.15) is 0 Å². The van der Waals surface area contributed by atoms with Crippen molar-refractivity contribution in [1.82, 2.24) is 4.90 Å². The molecule has 1 saturated heterocycles. The van der Waals surface area contributed by atoms with Crippen molar-refractivity contribution in [1.29, 1.82) is 0 Å². The van der Waals surface area contributed by atoms with E-state index >= 15 is 0 Å². The normalized spacial score (nSPS) is 16.6. The molecule has 2 amide bonds. The maximum atomic E-state index is 12.7. The zero-order chi connectivity index (χ0) is 25.1. The van der Waals surface area contributed by atoms with Crippen LogP contribution in [0.15, 0.2) is 72.9 Å². The Labute approximate surface area is 211 Å². The van der Waals surface area contributed by atoms with Gasteiger partial charge in [0.2, 0.25) is 5.91 Å². The SMILES string of the molecule is CC(=O)Nc1ccc(Cc2ccc3c(c2)C(=CNc2ccc(N4CCN(C)CC4)cc2)C(=O)N3)cc1. The number of nitrogens with zero attached hydrogens (tertiary/aromatic N) is 2. The number of fused-ring (bicyclic) bond motifs is 1. The van der Waals surface area contributed by atoms with Crippen LogP contribution >= 0.6 is 0 Å². The smallest absolute Gasteiger partial charge is 0.257 e. The van der Waals surface area contributed by atoms with Crippen molar-refractivity contribution in [3.05, 3.63) is 89.6 Å². The topological polar surface area (TPSA) is 76.7 Å². The Morgan fingerprint density at radius 3 is 2.28 bits per heavy atom. The highest BCUT2D eigenvalue weighted by atomic mass is 16.2. The molecule has 0 bridgehead atoms. The van der Waals surface area contributed by atoms with Gasteiger partial charge in [-0.3, -0.25) is 9.59 Å². The molecule has 184 valence electrons. The van der Waals surface area contributed by atoms with Crippen LogP contribution in [-0.2, 0) is 16.0 Å². The van der Waals surface area contributed by atoms with Crippen LogP contribution in [0, 0.1) is 0 Å². The number of carbonyl (C=O) groups excluding carboxylic acids is 2. The predicted octanol–water partition coefficient (Wildman–Crippen LogP) is 4.39. The van der Waals surface area contributed by atoms with E-state index in [1.807, 2.05) is 36.4 Å². The Bertz CT molecular complexity index is 1290. The number of hydrogen-bond donors (Lipinski definition) is 3. The molecule has 7 heteroatoms. The van der Waals surface area contributed by atoms with Crippen LogP contribution in [-0.4, -0.2) is 49.9 Å². The van der Waals surface area contributed by atoms with E-state index in [1.165, 1.54) is 12.6 Å². The Morgan fingerprint density at radius 1 is 0.917 bits per heavy atom. The van der Waals surface area contributed by atoms with Crippen LogP contribution in [0.25, 0.3) is 5.57 Å². The summed E-state index contributed by atoms with van der Waals surface area (Å²) in [5.74, 6) is -0.194. The number of piperazine rings is 1. The van der Waals surface area contributed by atoms with Gasteiger partial charge in [0, 0.05) is 67.6 Å². The van der Waals surface area contributed by atoms with Gasteiger partial charge in [-0.25, -0.2) is 0 Å². The second kappa shape index (κ2) is 10.3. The van der Waals surface area contributed by atoms with Gasteiger partial charge in [-0.1, -0.05) is 18.2 Å². The highest BCUT2D eigenvalue weighted by molar-refractivity contribution is 6.31. The van der Waals surface area contributed by atoms with Crippen LogP contribution in [0.5, 0.6) is 0 Å². The lowest BCUT2D eigenvalue weighted by Gasteiger charge is -2.34. The standard InChI is InChI=1S/C29H31N5O2/c1-20(35)31-24-6-3-21(4-7-24)17-22-5-12-28-26(18-22)27(29(36)32-28)19-30-23-8-10-25(11-9-23)34-15-13-33(2)14-16-34/h3-12,18-19,30H,13-17H2,1-2H3,(H,31,35)(H,32,36). The second-order valence-corrected chi connectivity index (χ2v) is 9.43. The van der Waals surface area contributed by atoms with E-state index in [0.29, 0.717) is 5.57 Å². The van der Waals surface area contributed by atoms with E-state index in [1.54, 1.807) is 6.20 Å². The zero-order valence-corrected chi connectivity index (χ0v) is 20.7. The van der Waals surface area contributed by atoms with Crippen LogP contribution in [0.2, 0.25) is 0 Å². The van der Waals surface area contributed by atoms with Gasteiger partial charge >= 0.3 is 0 Å². The summed E-state index contributed by atoms with van der Waals surface area (Å²) in [4.78, 5) is 28.6. The number of carbonyl (C=O) groups is 2. The molecule has 0 atom stereocenters. The van der Waals surface area contributed by atoms with E-state index in [4.69, 9.17) is 0 Å². The summed E-state index contributed by atoms with van der Waals surface area (Å²) in [6.45, 7) is 5.71. The summed E-state index contributed by atoms with van der Waals surface area (Å²) in [5.41, 5.74) is 7.53. The van der Waals surface area contributed by atoms with Crippen LogP contribution in [0.1, 0.15) is 23.6 Å². The van der Waals surface area contributed by atoms with E-state index in [-0.39, 0.29) is 11.8 Å². The molecule has 3 aromatic rings. The molecule has 0 aromatic heterocycles. The fourth-order valence-electron chi connectivity index (χ4n) is 4.62. The van der Waals surface area contributed by atoms with Crippen molar-refractivity contribution in [3.8, 4) is 0 Å². The Hall–Kier alpha value is -4.10. The van der Waals surface area contributed by atoms with E-state index < -0.39 is 0 Å². The van der Waals surface area contributed by atoms with Crippen LogP contribution in [0.3, 0.4) is 0 Å². The Kier molecular flexibility index (Phi) is 6.73. The maximum absolute atomic E-state index is 12.7. The quantitative estimate of drug-likeness (QED) is 0.455. The molecule has 7 nitrogen and oxygen atoms in total. The fourth-order valence-corrected chi connectivity index (χ4v) is 4.62. The zero-order valence-electron chi connectivity index (χ0n) is 20.7. The number of benzene rings is 3. The van der Waals surface area contributed by atoms with Crippen LogP contribution in [0.4, 0.5) is 22.7 Å². The minimum Gasteiger partial charge on any atom is -0.369 e. The number of likely N-dealkylation sites (N-methyl/N-ethyl adjacent to an activating group) is 1. The molecule has 0 unspecified atom stereocenters. The summed E-state index contributed by atoms with van der Waals surface area (Å²) in [6, 6.07) is 22.2. The monoisotopic (exact) mass is 481 g/mol. The molecule has 1 fully saturated rings. The molecule has 3 N–H and O–H groups in total. The number of rotatable bonds is 6. The first-order valence-electron chi connectivity index (χ1n) is 12.3. The van der Waals surface area contributed by atoms with Crippen molar-refractivity contribution < 1.29 is 9.59 Å². The Balaban J connectivity index is 1.27. The minimum atomic E-state index is -0.108. The second-order valence-electron chi connectivity index (χ2n) is 9.43. The average Bonchev–Trinajstić information content (AvgIpc) is 3.18. The average molecular weight is 482 g/mol. The highest BCUT2D eigenvalue weighted by Gasteiger charge is 2.24. The predicted molar refractivity (Wildman–Crippen MR) is 146 cm³/mol. The summed E-state index contributed by atoms with van der Waals surface area (Å²) >= 11 is 0. The van der Waals surface area contributed by atoms with Gasteiger partial charge in [0.25, 0.3) is 5.91 Å². The first-order valence-corrected chi connectivity index (χ1v) is 12.3. The first-order chi connectivity index (χ1) is 17.4. The summed E-state index contributed by atoms with van der Waals surface area (Å²) in [7, 11) is 2.16. The lowest BCUT2D eigenvalue weighted by Crippen LogP contribution is -2.44. The molecule has 2 aliphatic rings.